The molecule has 0 bridgehead atoms. The highest BCUT2D eigenvalue weighted by molar-refractivity contribution is 5.94. The van der Waals surface area contributed by atoms with Gasteiger partial charge >= 0.3 is 0 Å². The van der Waals surface area contributed by atoms with Crippen LogP contribution in [0.2, 0.25) is 0 Å². The Labute approximate surface area is 251 Å². The van der Waals surface area contributed by atoms with Crippen molar-refractivity contribution in [2.24, 2.45) is 4.99 Å². The minimum Gasteiger partial charge on any atom is -0.458 e. The lowest BCUT2D eigenvalue weighted by Gasteiger charge is -2.21. The molecule has 2 aliphatic rings. The summed E-state index contributed by atoms with van der Waals surface area (Å²) in [6.45, 7) is 4.92. The zero-order valence-corrected chi connectivity index (χ0v) is 24.1. The third-order valence-electron chi connectivity index (χ3n) is 9.38. The average molecular weight is 572 g/mol. The maximum Gasteiger partial charge on any atom is 0.201 e. The molecule has 0 saturated heterocycles. The normalized spacial score (nSPS) is 14.3. The van der Waals surface area contributed by atoms with E-state index in [2.05, 4.69) is 55.2 Å². The second-order valence-electron chi connectivity index (χ2n) is 12.2. The summed E-state index contributed by atoms with van der Waals surface area (Å²) in [4.78, 5) is 30.8. The first-order valence-electron chi connectivity index (χ1n) is 14.7. The third kappa shape index (κ3) is 3.44. The van der Waals surface area contributed by atoms with Crippen molar-refractivity contribution >= 4 is 39.1 Å². The Morgan fingerprint density at radius 1 is 0.591 bits per heavy atom. The SMILES string of the molecule is CC1(C)c2ccc(-c3ccc4oc5c(c(=O)c4c3)C=NC5)cc2-c2cc(-c3ccc4oc5ccccc5c(=O)c4c3)ccc21. The van der Waals surface area contributed by atoms with Crippen LogP contribution in [0, 0.1) is 0 Å². The Morgan fingerprint density at radius 3 is 1.82 bits per heavy atom. The average Bonchev–Trinajstić information content (AvgIpc) is 3.61. The highest BCUT2D eigenvalue weighted by Crippen LogP contribution is 2.50. The summed E-state index contributed by atoms with van der Waals surface area (Å²) in [5.74, 6) is 0.628. The van der Waals surface area contributed by atoms with Gasteiger partial charge in [-0.15, -0.1) is 0 Å². The van der Waals surface area contributed by atoms with Gasteiger partial charge in [0.2, 0.25) is 10.9 Å². The van der Waals surface area contributed by atoms with Crippen LogP contribution < -0.4 is 10.9 Å². The lowest BCUT2D eigenvalue weighted by Crippen LogP contribution is -2.14. The quantitative estimate of drug-likeness (QED) is 0.195. The zero-order valence-electron chi connectivity index (χ0n) is 24.1. The standard InChI is InChI=1S/C39H25NO4/c1-39(2)31-11-7-21(23-9-13-34-28(17-23)37(41)25-5-3-4-6-33(25)43-34)15-26(31)27-16-22(8-12-32(27)39)24-10-14-35-29(18-24)38(42)30-19-40-20-36(30)44-35/h3-19H,20H2,1-2H3. The summed E-state index contributed by atoms with van der Waals surface area (Å²) in [7, 11) is 0. The van der Waals surface area contributed by atoms with Gasteiger partial charge in [0.25, 0.3) is 0 Å². The molecule has 44 heavy (non-hydrogen) atoms. The molecule has 0 saturated carbocycles. The Bertz CT molecular complexity index is 2550. The van der Waals surface area contributed by atoms with Crippen LogP contribution in [0.3, 0.4) is 0 Å². The van der Waals surface area contributed by atoms with Crippen molar-refractivity contribution in [2.45, 2.75) is 25.8 Å². The lowest BCUT2D eigenvalue weighted by molar-refractivity contribution is 0.544. The molecule has 0 amide bonds. The largest absolute Gasteiger partial charge is 0.458 e. The Balaban J connectivity index is 1.18. The van der Waals surface area contributed by atoms with Gasteiger partial charge in [-0.3, -0.25) is 14.6 Å². The number of hydrogen-bond acceptors (Lipinski definition) is 5. The fourth-order valence-electron chi connectivity index (χ4n) is 7.01. The highest BCUT2D eigenvalue weighted by atomic mass is 16.3. The van der Waals surface area contributed by atoms with Gasteiger partial charge in [-0.2, -0.15) is 0 Å². The van der Waals surface area contributed by atoms with Gasteiger partial charge in [0.05, 0.1) is 28.3 Å². The van der Waals surface area contributed by atoms with Crippen LogP contribution in [0.5, 0.6) is 0 Å². The monoisotopic (exact) mass is 571 g/mol. The number of rotatable bonds is 2. The van der Waals surface area contributed by atoms with E-state index < -0.39 is 0 Å². The zero-order chi connectivity index (χ0) is 29.7. The number of benzene rings is 5. The molecule has 0 N–H and O–H groups in total. The third-order valence-corrected chi connectivity index (χ3v) is 9.38. The number of para-hydroxylation sites is 1. The van der Waals surface area contributed by atoms with Crippen LogP contribution in [0.25, 0.3) is 66.3 Å². The van der Waals surface area contributed by atoms with Crippen molar-refractivity contribution in [1.82, 2.24) is 0 Å². The number of hydrogen-bond donors (Lipinski definition) is 0. The van der Waals surface area contributed by atoms with Gasteiger partial charge in [-0.1, -0.05) is 62.4 Å². The van der Waals surface area contributed by atoms with Gasteiger partial charge in [-0.05, 0) is 93.0 Å². The van der Waals surface area contributed by atoms with Crippen LogP contribution in [0.4, 0.5) is 0 Å². The Hall–Kier alpha value is -5.55. The second kappa shape index (κ2) is 8.74. The Kier molecular flexibility index (Phi) is 4.96. The fourth-order valence-corrected chi connectivity index (χ4v) is 7.01. The smallest absolute Gasteiger partial charge is 0.201 e. The van der Waals surface area contributed by atoms with Gasteiger partial charge in [0, 0.05) is 11.6 Å². The lowest BCUT2D eigenvalue weighted by atomic mass is 9.82. The molecule has 210 valence electrons. The van der Waals surface area contributed by atoms with Gasteiger partial charge < -0.3 is 8.83 Å². The predicted octanol–water partition coefficient (Wildman–Crippen LogP) is 8.63. The van der Waals surface area contributed by atoms with Gasteiger partial charge in [-0.25, -0.2) is 0 Å². The number of nitrogens with zero attached hydrogens (tertiary/aromatic N) is 1. The fraction of sp³-hybridized carbons (Fsp3) is 0.103. The predicted molar refractivity (Wildman–Crippen MR) is 176 cm³/mol. The van der Waals surface area contributed by atoms with E-state index in [0.717, 1.165) is 22.3 Å². The molecule has 0 fully saturated rings. The Morgan fingerprint density at radius 2 is 1.14 bits per heavy atom. The maximum absolute atomic E-state index is 13.3. The van der Waals surface area contributed by atoms with Crippen molar-refractivity contribution in [1.29, 1.82) is 0 Å². The van der Waals surface area contributed by atoms with Crippen molar-refractivity contribution in [3.63, 3.8) is 0 Å². The highest BCUT2D eigenvalue weighted by Gasteiger charge is 2.35. The van der Waals surface area contributed by atoms with E-state index in [9.17, 15) is 9.59 Å². The molecular formula is C39H25NO4. The van der Waals surface area contributed by atoms with Gasteiger partial charge in [0.1, 0.15) is 22.5 Å². The van der Waals surface area contributed by atoms with Crippen molar-refractivity contribution in [3.8, 4) is 33.4 Å². The first kappa shape index (κ1) is 25.0. The molecule has 1 aliphatic carbocycles. The van der Waals surface area contributed by atoms with Crippen LogP contribution in [0.1, 0.15) is 36.3 Å². The summed E-state index contributed by atoms with van der Waals surface area (Å²) in [5, 5.41) is 1.72. The summed E-state index contributed by atoms with van der Waals surface area (Å²) < 4.78 is 12.0. The van der Waals surface area contributed by atoms with E-state index >= 15 is 0 Å². The molecule has 5 aromatic carbocycles. The van der Waals surface area contributed by atoms with Crippen molar-refractivity contribution in [2.75, 3.05) is 0 Å². The summed E-state index contributed by atoms with van der Waals surface area (Å²) in [6, 6.07) is 32.2. The summed E-state index contributed by atoms with van der Waals surface area (Å²) in [5.41, 5.74) is 10.9. The van der Waals surface area contributed by atoms with Crippen molar-refractivity contribution < 1.29 is 8.83 Å². The molecule has 7 aromatic rings. The second-order valence-corrected chi connectivity index (χ2v) is 12.2. The van der Waals surface area contributed by atoms with Crippen LogP contribution in [0.15, 0.2) is 120 Å². The van der Waals surface area contributed by atoms with Crippen LogP contribution >= 0.6 is 0 Å². The first-order chi connectivity index (χ1) is 21.4. The summed E-state index contributed by atoms with van der Waals surface area (Å²) in [6.07, 6.45) is 1.61. The molecule has 3 heterocycles. The van der Waals surface area contributed by atoms with E-state index in [4.69, 9.17) is 8.83 Å². The molecule has 5 heteroatoms. The topological polar surface area (TPSA) is 72.8 Å². The molecule has 9 rings (SSSR count). The number of fused-ring (bicyclic) bond motifs is 7. The molecular weight excluding hydrogens is 546 g/mol. The van der Waals surface area contributed by atoms with Crippen LogP contribution in [-0.4, -0.2) is 6.21 Å². The van der Waals surface area contributed by atoms with E-state index in [1.807, 2.05) is 60.7 Å². The van der Waals surface area contributed by atoms with Crippen LogP contribution in [-0.2, 0) is 12.0 Å². The maximum atomic E-state index is 13.3. The van der Waals surface area contributed by atoms with E-state index in [1.165, 1.54) is 22.3 Å². The molecule has 0 radical (unpaired) electrons. The number of aliphatic imine (C=N–C) groups is 1. The van der Waals surface area contributed by atoms with E-state index in [0.29, 0.717) is 50.8 Å². The van der Waals surface area contributed by atoms with Gasteiger partial charge in [0.15, 0.2) is 0 Å². The minimum absolute atomic E-state index is 0.0253. The molecule has 1 aliphatic heterocycles. The van der Waals surface area contributed by atoms with E-state index in [-0.39, 0.29) is 16.3 Å². The van der Waals surface area contributed by atoms with Crippen molar-refractivity contribution in [3.05, 3.63) is 140 Å². The first-order valence-corrected chi connectivity index (χ1v) is 14.7. The summed E-state index contributed by atoms with van der Waals surface area (Å²) >= 11 is 0. The molecule has 0 spiro atoms. The van der Waals surface area contributed by atoms with E-state index in [1.54, 1.807) is 6.21 Å². The molecule has 5 nitrogen and oxygen atoms in total. The molecule has 2 aromatic heterocycles. The molecule has 0 unspecified atom stereocenters. The minimum atomic E-state index is -0.171. The molecule has 0 atom stereocenters.